The molecule has 0 aromatic heterocycles. The van der Waals surface area contributed by atoms with Crippen LogP contribution in [0.3, 0.4) is 0 Å². The number of para-hydroxylation sites is 1. The van der Waals surface area contributed by atoms with Crippen molar-refractivity contribution in [3.63, 3.8) is 0 Å². The second kappa shape index (κ2) is 8.49. The van der Waals surface area contributed by atoms with E-state index in [9.17, 15) is 14.9 Å². The Morgan fingerprint density at radius 3 is 2.81 bits per heavy atom. The Bertz CT molecular complexity index is 1080. The van der Waals surface area contributed by atoms with E-state index in [1.165, 1.54) is 6.08 Å². The van der Waals surface area contributed by atoms with Gasteiger partial charge in [0.15, 0.2) is 12.1 Å². The molecule has 0 saturated carbocycles. The molecule has 1 spiro atoms. The standard InChI is InChI=1S/C23H24N4O5/c1-3-10-31-21(28)19-15(2)32-20(25)17(13-24)23(19)16-6-4-5-7-18(16)27(22(23)29)14-26-8-11-30-12-9-26/h3-7H,1,8-12,14,25H2,2H3/p+1/t23-/m1/s1. The summed E-state index contributed by atoms with van der Waals surface area (Å²) in [5.41, 5.74) is 5.32. The molecule has 1 saturated heterocycles. The van der Waals surface area contributed by atoms with E-state index in [-0.39, 0.29) is 29.4 Å². The smallest absolute Gasteiger partial charge is 0.339 e. The molecule has 1 aromatic carbocycles. The second-order valence-electron chi connectivity index (χ2n) is 7.79. The Hall–Kier alpha value is -3.61. The summed E-state index contributed by atoms with van der Waals surface area (Å²) in [7, 11) is 0. The lowest BCUT2D eigenvalue weighted by atomic mass is 9.68. The molecule has 3 aliphatic rings. The van der Waals surface area contributed by atoms with Crippen molar-refractivity contribution in [1.82, 2.24) is 0 Å². The largest absolute Gasteiger partial charge is 0.458 e. The van der Waals surface area contributed by atoms with Gasteiger partial charge in [0, 0.05) is 5.56 Å². The predicted octanol–water partition coefficient (Wildman–Crippen LogP) is -0.129. The van der Waals surface area contributed by atoms with E-state index in [4.69, 9.17) is 19.9 Å². The summed E-state index contributed by atoms with van der Waals surface area (Å²) in [5, 5.41) is 10.0. The average molecular weight is 437 g/mol. The molecule has 9 nitrogen and oxygen atoms in total. The topological polar surface area (TPSA) is 119 Å². The fourth-order valence-electron chi connectivity index (χ4n) is 4.62. The van der Waals surface area contributed by atoms with Crippen LogP contribution in [0.1, 0.15) is 12.5 Å². The number of morpholine rings is 1. The molecule has 1 atom stereocenters. The van der Waals surface area contributed by atoms with Crippen molar-refractivity contribution < 1.29 is 28.7 Å². The zero-order valence-electron chi connectivity index (χ0n) is 17.8. The van der Waals surface area contributed by atoms with Gasteiger partial charge in [-0.3, -0.25) is 9.69 Å². The lowest BCUT2D eigenvalue weighted by Crippen LogP contribution is -3.15. The molecule has 1 aromatic rings. The van der Waals surface area contributed by atoms with Gasteiger partial charge in [0.2, 0.25) is 5.88 Å². The third kappa shape index (κ3) is 3.16. The Morgan fingerprint density at radius 2 is 2.12 bits per heavy atom. The van der Waals surface area contributed by atoms with Crippen LogP contribution < -0.4 is 15.5 Å². The van der Waals surface area contributed by atoms with Crippen LogP contribution in [0.15, 0.2) is 59.7 Å². The van der Waals surface area contributed by atoms with Crippen LogP contribution in [0.25, 0.3) is 0 Å². The molecule has 0 aliphatic carbocycles. The van der Waals surface area contributed by atoms with Crippen molar-refractivity contribution in [1.29, 1.82) is 5.26 Å². The van der Waals surface area contributed by atoms with Crippen molar-refractivity contribution in [2.75, 3.05) is 44.5 Å². The van der Waals surface area contributed by atoms with Gasteiger partial charge in [0.1, 0.15) is 42.7 Å². The maximum atomic E-state index is 14.2. The number of benzene rings is 1. The van der Waals surface area contributed by atoms with Crippen LogP contribution in [0.2, 0.25) is 0 Å². The molecule has 166 valence electrons. The summed E-state index contributed by atoms with van der Waals surface area (Å²) >= 11 is 0. The Kier molecular flexibility index (Phi) is 5.74. The number of nitrogens with two attached hydrogens (primary N) is 1. The number of allylic oxidation sites excluding steroid dienone is 1. The molecule has 32 heavy (non-hydrogen) atoms. The molecule has 3 heterocycles. The number of fused-ring (bicyclic) bond motifs is 2. The van der Waals surface area contributed by atoms with E-state index in [1.54, 1.807) is 24.0 Å². The third-order valence-corrected chi connectivity index (χ3v) is 6.01. The zero-order valence-corrected chi connectivity index (χ0v) is 17.8. The van der Waals surface area contributed by atoms with E-state index in [1.807, 2.05) is 18.2 Å². The number of anilines is 1. The van der Waals surface area contributed by atoms with Gasteiger partial charge in [-0.1, -0.05) is 30.9 Å². The van der Waals surface area contributed by atoms with Crippen molar-refractivity contribution in [2.45, 2.75) is 12.3 Å². The highest BCUT2D eigenvalue weighted by Gasteiger charge is 2.62. The van der Waals surface area contributed by atoms with Crippen molar-refractivity contribution in [2.24, 2.45) is 5.73 Å². The molecule has 0 radical (unpaired) electrons. The maximum absolute atomic E-state index is 14.2. The van der Waals surface area contributed by atoms with Gasteiger partial charge < -0.3 is 24.8 Å². The number of nitriles is 1. The quantitative estimate of drug-likeness (QED) is 0.487. The molecule has 0 bridgehead atoms. The first-order chi connectivity index (χ1) is 15.5. The van der Waals surface area contributed by atoms with E-state index in [0.29, 0.717) is 31.1 Å². The van der Waals surface area contributed by atoms with Crippen molar-refractivity contribution in [3.05, 3.63) is 65.3 Å². The van der Waals surface area contributed by atoms with Gasteiger partial charge in [0.05, 0.1) is 18.9 Å². The third-order valence-electron chi connectivity index (χ3n) is 6.01. The van der Waals surface area contributed by atoms with E-state index >= 15 is 0 Å². The van der Waals surface area contributed by atoms with Gasteiger partial charge in [-0.25, -0.2) is 4.79 Å². The Labute approximate surface area is 185 Å². The first-order valence-electron chi connectivity index (χ1n) is 10.4. The molecule has 9 heteroatoms. The summed E-state index contributed by atoms with van der Waals surface area (Å²) in [6.45, 7) is 8.12. The maximum Gasteiger partial charge on any atom is 0.339 e. The number of ether oxygens (including phenoxy) is 3. The fourth-order valence-corrected chi connectivity index (χ4v) is 4.62. The molecular formula is C23H25N4O5+. The van der Waals surface area contributed by atoms with Crippen LogP contribution in [-0.2, 0) is 29.2 Å². The fraction of sp³-hybridized carbons (Fsp3) is 0.348. The lowest BCUT2D eigenvalue weighted by molar-refractivity contribution is -0.906. The normalized spacial score (nSPS) is 23.1. The summed E-state index contributed by atoms with van der Waals surface area (Å²) in [5.74, 6) is -1.26. The van der Waals surface area contributed by atoms with Gasteiger partial charge in [-0.05, 0) is 13.0 Å². The molecule has 1 fully saturated rings. The number of nitrogens with zero attached hydrogens (tertiary/aromatic N) is 2. The number of quaternary nitrogens is 1. The van der Waals surface area contributed by atoms with Gasteiger partial charge >= 0.3 is 5.97 Å². The van der Waals surface area contributed by atoms with Crippen LogP contribution in [0, 0.1) is 11.3 Å². The number of hydrogen-bond acceptors (Lipinski definition) is 7. The molecule has 0 unspecified atom stereocenters. The summed E-state index contributed by atoms with van der Waals surface area (Å²) < 4.78 is 16.3. The van der Waals surface area contributed by atoms with Gasteiger partial charge in [-0.2, -0.15) is 5.26 Å². The van der Waals surface area contributed by atoms with Gasteiger partial charge in [-0.15, -0.1) is 0 Å². The highest BCUT2D eigenvalue weighted by molar-refractivity contribution is 6.18. The van der Waals surface area contributed by atoms with E-state index in [0.717, 1.165) is 18.0 Å². The Balaban J connectivity index is 1.91. The number of hydrogen-bond donors (Lipinski definition) is 2. The SMILES string of the molecule is C=CCOC(=O)C1=C(C)OC(N)=C(C#N)[C@@]12C(=O)N(C[NH+]1CCOCC1)c1ccccc12. The van der Waals surface area contributed by atoms with E-state index < -0.39 is 17.3 Å². The number of amides is 1. The van der Waals surface area contributed by atoms with Crippen LogP contribution in [0.4, 0.5) is 5.69 Å². The minimum Gasteiger partial charge on any atom is -0.458 e. The van der Waals surface area contributed by atoms with Crippen LogP contribution in [0.5, 0.6) is 0 Å². The number of esters is 1. The Morgan fingerprint density at radius 1 is 1.41 bits per heavy atom. The number of rotatable bonds is 5. The monoisotopic (exact) mass is 437 g/mol. The minimum atomic E-state index is -1.73. The average Bonchev–Trinajstić information content (AvgIpc) is 3.02. The molecule has 3 aliphatic heterocycles. The molecule has 4 rings (SSSR count). The number of nitrogens with one attached hydrogen (secondary N) is 1. The molecular weight excluding hydrogens is 412 g/mol. The highest BCUT2D eigenvalue weighted by atomic mass is 16.5. The first-order valence-corrected chi connectivity index (χ1v) is 10.4. The minimum absolute atomic E-state index is 0.0398. The van der Waals surface area contributed by atoms with E-state index in [2.05, 4.69) is 6.58 Å². The summed E-state index contributed by atoms with van der Waals surface area (Å²) in [4.78, 5) is 30.1. The molecule has 1 amide bonds. The van der Waals surface area contributed by atoms with Crippen molar-refractivity contribution >= 4 is 17.6 Å². The second-order valence-corrected chi connectivity index (χ2v) is 7.79. The predicted molar refractivity (Wildman–Crippen MR) is 114 cm³/mol. The number of carbonyl (C=O) groups is 2. The number of carbonyl (C=O) groups excluding carboxylic acids is 2. The molecule has 3 N–H and O–H groups in total. The lowest BCUT2D eigenvalue weighted by Gasteiger charge is -2.35. The van der Waals surface area contributed by atoms with Gasteiger partial charge in [0.25, 0.3) is 5.91 Å². The van der Waals surface area contributed by atoms with Crippen LogP contribution >= 0.6 is 0 Å². The first kappa shape index (κ1) is 21.6. The summed E-state index contributed by atoms with van der Waals surface area (Å²) in [6.07, 6.45) is 1.43. The zero-order chi connectivity index (χ0) is 22.9. The van der Waals surface area contributed by atoms with Crippen molar-refractivity contribution in [3.8, 4) is 6.07 Å². The van der Waals surface area contributed by atoms with Crippen LogP contribution in [-0.4, -0.2) is 51.5 Å². The summed E-state index contributed by atoms with van der Waals surface area (Å²) in [6, 6.07) is 9.17. The highest BCUT2D eigenvalue weighted by Crippen LogP contribution is 2.53.